The summed E-state index contributed by atoms with van der Waals surface area (Å²) >= 11 is 0. The quantitative estimate of drug-likeness (QED) is 0.550. The number of imidazole rings is 1. The molecule has 5 nitrogen and oxygen atoms in total. The number of aryl methyl sites for hydroxylation is 1. The first-order valence-corrected chi connectivity index (χ1v) is 11.0. The number of rotatable bonds is 5. The third-order valence-electron chi connectivity index (χ3n) is 6.19. The van der Waals surface area contributed by atoms with Crippen LogP contribution >= 0.6 is 0 Å². The summed E-state index contributed by atoms with van der Waals surface area (Å²) in [6, 6.07) is 12.7. The van der Waals surface area contributed by atoms with Gasteiger partial charge in [0.05, 0.1) is 5.69 Å². The third kappa shape index (κ3) is 4.67. The van der Waals surface area contributed by atoms with Gasteiger partial charge in [-0.2, -0.15) is 0 Å². The second-order valence-electron chi connectivity index (χ2n) is 9.37. The van der Waals surface area contributed by atoms with Gasteiger partial charge in [0.2, 0.25) is 5.92 Å². The maximum absolute atomic E-state index is 13.6. The van der Waals surface area contributed by atoms with Gasteiger partial charge in [-0.1, -0.05) is 18.2 Å². The van der Waals surface area contributed by atoms with E-state index in [1.165, 1.54) is 0 Å². The zero-order valence-electron chi connectivity index (χ0n) is 18.7. The van der Waals surface area contributed by atoms with Crippen LogP contribution in [0.15, 0.2) is 42.5 Å². The van der Waals surface area contributed by atoms with Gasteiger partial charge in [-0.15, -0.1) is 0 Å². The second kappa shape index (κ2) is 8.28. The van der Waals surface area contributed by atoms with Gasteiger partial charge in [0.15, 0.2) is 0 Å². The molecule has 1 fully saturated rings. The number of halogens is 2. The van der Waals surface area contributed by atoms with Crippen LogP contribution in [-0.2, 0) is 12.0 Å². The normalized spacial score (nSPS) is 16.9. The van der Waals surface area contributed by atoms with Crippen molar-refractivity contribution < 1.29 is 18.7 Å². The van der Waals surface area contributed by atoms with Crippen LogP contribution in [-0.4, -0.2) is 26.3 Å². The number of carbonyl (C=O) groups excluding carboxylic acids is 1. The highest BCUT2D eigenvalue weighted by atomic mass is 19.3. The Morgan fingerprint density at radius 2 is 1.88 bits per heavy atom. The summed E-state index contributed by atoms with van der Waals surface area (Å²) in [6.45, 7) is 5.23. The Hall–Kier alpha value is -2.80. The van der Waals surface area contributed by atoms with Crippen molar-refractivity contribution in [1.29, 1.82) is 0 Å². The van der Waals surface area contributed by atoms with Gasteiger partial charge in [0.1, 0.15) is 11.2 Å². The molecule has 0 spiro atoms. The van der Waals surface area contributed by atoms with Crippen LogP contribution in [0.3, 0.4) is 0 Å². The Morgan fingerprint density at radius 3 is 2.50 bits per heavy atom. The molecule has 0 saturated heterocycles. The van der Waals surface area contributed by atoms with Gasteiger partial charge in [-0.3, -0.25) is 4.79 Å². The number of aliphatic hydroxyl groups is 1. The Balaban J connectivity index is 1.69. The summed E-state index contributed by atoms with van der Waals surface area (Å²) in [5.74, 6) is -2.71. The van der Waals surface area contributed by atoms with Crippen LogP contribution in [0.25, 0.3) is 5.65 Å². The molecule has 1 amide bonds. The zero-order valence-corrected chi connectivity index (χ0v) is 18.7. The molecule has 3 aromatic rings. The first-order valence-electron chi connectivity index (χ1n) is 11.0. The van der Waals surface area contributed by atoms with Crippen LogP contribution in [0.5, 0.6) is 0 Å². The van der Waals surface area contributed by atoms with Crippen molar-refractivity contribution in [2.24, 2.45) is 5.92 Å². The van der Waals surface area contributed by atoms with E-state index < -0.39 is 11.5 Å². The van der Waals surface area contributed by atoms with E-state index in [0.717, 1.165) is 11.4 Å². The van der Waals surface area contributed by atoms with E-state index >= 15 is 0 Å². The van der Waals surface area contributed by atoms with Gasteiger partial charge in [-0.25, -0.2) is 13.8 Å². The molecule has 1 saturated carbocycles. The number of benzene rings is 1. The van der Waals surface area contributed by atoms with Crippen molar-refractivity contribution in [3.05, 3.63) is 65.1 Å². The third-order valence-corrected chi connectivity index (χ3v) is 6.19. The zero-order chi connectivity index (χ0) is 23.1. The molecular formula is C25H29F2N3O2. The lowest BCUT2D eigenvalue weighted by Gasteiger charge is -2.29. The molecule has 2 aromatic heterocycles. The first-order chi connectivity index (χ1) is 15.0. The summed E-state index contributed by atoms with van der Waals surface area (Å²) in [4.78, 5) is 17.5. The molecule has 2 N–H and O–H groups in total. The summed E-state index contributed by atoms with van der Waals surface area (Å²) in [5.41, 5.74) is 2.70. The van der Waals surface area contributed by atoms with Gasteiger partial charge in [0.25, 0.3) is 5.91 Å². The molecule has 1 aliphatic rings. The summed E-state index contributed by atoms with van der Waals surface area (Å²) in [5, 5.41) is 13.7. The number of hydrogen-bond acceptors (Lipinski definition) is 3. The summed E-state index contributed by atoms with van der Waals surface area (Å²) in [6.07, 6.45) is 1.25. The van der Waals surface area contributed by atoms with E-state index in [1.54, 1.807) is 26.0 Å². The molecule has 1 aliphatic carbocycles. The largest absolute Gasteiger partial charge is 0.384 e. The highest BCUT2D eigenvalue weighted by molar-refractivity contribution is 6.04. The minimum atomic E-state index is -2.58. The van der Waals surface area contributed by atoms with E-state index in [1.807, 2.05) is 41.7 Å². The van der Waals surface area contributed by atoms with E-state index in [-0.39, 0.29) is 24.7 Å². The smallest absolute Gasteiger partial charge is 0.255 e. The van der Waals surface area contributed by atoms with Crippen LogP contribution < -0.4 is 5.32 Å². The predicted octanol–water partition coefficient (Wildman–Crippen LogP) is 5.49. The van der Waals surface area contributed by atoms with Gasteiger partial charge in [-0.05, 0) is 70.2 Å². The standard InChI is InChI=1S/C25H29F2N3O2/c1-16-13-18(23(31)28-19-7-5-4-6-8-19)15-21-29-22(24(2,3)32)20(30(16)21)14-17-9-11-25(26,27)12-10-17/h4-8,13,15,17,32H,9-12,14H2,1-3H3,(H,28,31). The Bertz CT molecular complexity index is 1120. The van der Waals surface area contributed by atoms with Crippen molar-refractivity contribution in [2.45, 2.75) is 64.4 Å². The number of pyridine rings is 1. The van der Waals surface area contributed by atoms with Crippen molar-refractivity contribution in [2.75, 3.05) is 5.32 Å². The molecule has 0 unspecified atom stereocenters. The van der Waals surface area contributed by atoms with Crippen molar-refractivity contribution in [3.8, 4) is 0 Å². The lowest BCUT2D eigenvalue weighted by Crippen LogP contribution is -2.27. The summed E-state index contributed by atoms with van der Waals surface area (Å²) < 4.78 is 29.2. The lowest BCUT2D eigenvalue weighted by atomic mass is 9.83. The van der Waals surface area contributed by atoms with Gasteiger partial charge in [0, 0.05) is 35.5 Å². The number of alkyl halides is 2. The molecular weight excluding hydrogens is 412 g/mol. The number of carbonyl (C=O) groups is 1. The number of anilines is 1. The molecule has 2 heterocycles. The van der Waals surface area contributed by atoms with Crippen molar-refractivity contribution in [1.82, 2.24) is 9.38 Å². The molecule has 170 valence electrons. The molecule has 4 rings (SSSR count). The van der Waals surface area contributed by atoms with E-state index in [9.17, 15) is 18.7 Å². The number of nitrogens with one attached hydrogen (secondary N) is 1. The summed E-state index contributed by atoms with van der Waals surface area (Å²) in [7, 11) is 0. The minimum Gasteiger partial charge on any atom is -0.384 e. The topological polar surface area (TPSA) is 66.6 Å². The minimum absolute atomic E-state index is 0.102. The fourth-order valence-corrected chi connectivity index (χ4v) is 4.55. The Kier molecular flexibility index (Phi) is 5.79. The predicted molar refractivity (Wildman–Crippen MR) is 120 cm³/mol. The number of para-hydroxylation sites is 1. The van der Waals surface area contributed by atoms with E-state index in [2.05, 4.69) is 10.3 Å². The molecule has 0 atom stereocenters. The lowest BCUT2D eigenvalue weighted by molar-refractivity contribution is -0.0458. The van der Waals surface area contributed by atoms with Crippen LogP contribution in [0.1, 0.15) is 67.0 Å². The maximum atomic E-state index is 13.6. The number of hydrogen-bond donors (Lipinski definition) is 2. The molecule has 7 heteroatoms. The Labute approximate surface area is 186 Å². The van der Waals surface area contributed by atoms with Crippen molar-refractivity contribution >= 4 is 17.2 Å². The second-order valence-corrected chi connectivity index (χ2v) is 9.37. The molecule has 1 aromatic carbocycles. The monoisotopic (exact) mass is 441 g/mol. The average Bonchev–Trinajstić information content (AvgIpc) is 3.09. The number of nitrogens with zero attached hydrogens (tertiary/aromatic N) is 2. The molecule has 32 heavy (non-hydrogen) atoms. The first kappa shape index (κ1) is 22.4. The highest BCUT2D eigenvalue weighted by Gasteiger charge is 2.36. The average molecular weight is 442 g/mol. The fourth-order valence-electron chi connectivity index (χ4n) is 4.55. The van der Waals surface area contributed by atoms with Gasteiger partial charge < -0.3 is 14.8 Å². The number of fused-ring (bicyclic) bond motifs is 1. The number of amides is 1. The number of aromatic nitrogens is 2. The van der Waals surface area contributed by atoms with Crippen LogP contribution in [0.4, 0.5) is 14.5 Å². The molecule has 0 bridgehead atoms. The Morgan fingerprint density at radius 1 is 1.22 bits per heavy atom. The SMILES string of the molecule is Cc1cc(C(=O)Nc2ccccc2)cc2nc(C(C)(C)O)c(CC3CCC(F)(F)CC3)n12. The highest BCUT2D eigenvalue weighted by Crippen LogP contribution is 2.39. The van der Waals surface area contributed by atoms with E-state index in [0.29, 0.717) is 41.9 Å². The van der Waals surface area contributed by atoms with Crippen LogP contribution in [0, 0.1) is 12.8 Å². The van der Waals surface area contributed by atoms with Gasteiger partial charge >= 0.3 is 0 Å². The van der Waals surface area contributed by atoms with E-state index in [4.69, 9.17) is 0 Å². The fraction of sp³-hybridized carbons (Fsp3) is 0.440. The molecule has 0 radical (unpaired) electrons. The molecule has 0 aliphatic heterocycles. The van der Waals surface area contributed by atoms with Crippen LogP contribution in [0.2, 0.25) is 0 Å². The van der Waals surface area contributed by atoms with Crippen molar-refractivity contribution in [3.63, 3.8) is 0 Å². The maximum Gasteiger partial charge on any atom is 0.255 e.